The van der Waals surface area contributed by atoms with Crippen LogP contribution in [0.1, 0.15) is 33.6 Å². The number of ether oxygens (including phenoxy) is 1. The van der Waals surface area contributed by atoms with Crippen LogP contribution in [0, 0.1) is 5.41 Å². The van der Waals surface area contributed by atoms with Gasteiger partial charge in [0.05, 0.1) is 0 Å². The number of amides is 1. The Kier molecular flexibility index (Phi) is 2.59. The molecule has 0 bridgehead atoms. The fraction of sp³-hybridized carbons (Fsp3) is 0.778. The molecular formula is C9H15NO3. The van der Waals surface area contributed by atoms with Crippen molar-refractivity contribution in [2.24, 2.45) is 5.41 Å². The van der Waals surface area contributed by atoms with E-state index in [1.165, 1.54) is 6.92 Å². The van der Waals surface area contributed by atoms with Crippen molar-refractivity contribution in [1.82, 2.24) is 5.32 Å². The second-order valence-corrected chi connectivity index (χ2v) is 3.33. The van der Waals surface area contributed by atoms with E-state index in [9.17, 15) is 9.59 Å². The summed E-state index contributed by atoms with van der Waals surface area (Å²) in [6.07, 6.45) is 0.980. The highest BCUT2D eigenvalue weighted by Crippen LogP contribution is 2.38. The molecule has 1 aliphatic heterocycles. The lowest BCUT2D eigenvalue weighted by molar-refractivity contribution is -0.183. The summed E-state index contributed by atoms with van der Waals surface area (Å²) in [7, 11) is 0. The normalized spacial score (nSPS) is 24.5. The molecule has 1 rings (SSSR count). The molecule has 1 heterocycles. The predicted molar refractivity (Wildman–Crippen MR) is 46.7 cm³/mol. The summed E-state index contributed by atoms with van der Waals surface area (Å²) in [5.41, 5.74) is -0.480. The zero-order valence-electron chi connectivity index (χ0n) is 8.22. The van der Waals surface area contributed by atoms with Crippen LogP contribution in [0.2, 0.25) is 0 Å². The smallest absolute Gasteiger partial charge is 0.304 e. The number of rotatable bonds is 3. The van der Waals surface area contributed by atoms with Crippen molar-refractivity contribution in [1.29, 1.82) is 0 Å². The van der Waals surface area contributed by atoms with Gasteiger partial charge in [0.15, 0.2) is 6.23 Å². The van der Waals surface area contributed by atoms with Crippen LogP contribution >= 0.6 is 0 Å². The Hall–Kier alpha value is -1.06. The highest BCUT2D eigenvalue weighted by atomic mass is 16.6. The molecule has 1 amide bonds. The lowest BCUT2D eigenvalue weighted by atomic mass is 9.73. The van der Waals surface area contributed by atoms with Gasteiger partial charge in [-0.15, -0.1) is 0 Å². The third-order valence-electron chi connectivity index (χ3n) is 2.76. The molecule has 0 aromatic carbocycles. The maximum absolute atomic E-state index is 11.3. The minimum Gasteiger partial charge on any atom is -0.441 e. The quantitative estimate of drug-likeness (QED) is 0.523. The highest BCUT2D eigenvalue weighted by molar-refractivity contribution is 5.90. The van der Waals surface area contributed by atoms with Crippen LogP contribution in [0.15, 0.2) is 0 Å². The van der Waals surface area contributed by atoms with E-state index in [1.807, 2.05) is 13.8 Å². The SMILES string of the molecule is CCC1(CC)C(=O)N[C@@H]1OC(C)=O. The third-order valence-corrected chi connectivity index (χ3v) is 2.76. The zero-order chi connectivity index (χ0) is 10.1. The molecule has 0 spiro atoms. The predicted octanol–water partition coefficient (Wildman–Crippen LogP) is 0.812. The minimum atomic E-state index is -0.480. The first-order valence-corrected chi connectivity index (χ1v) is 4.55. The molecule has 0 saturated carbocycles. The topological polar surface area (TPSA) is 55.4 Å². The number of β-lactam (4-membered cyclic amide) rings is 1. The summed E-state index contributed by atoms with van der Waals surface area (Å²) >= 11 is 0. The van der Waals surface area contributed by atoms with E-state index in [0.29, 0.717) is 12.8 Å². The molecule has 0 aliphatic carbocycles. The van der Waals surface area contributed by atoms with Crippen LogP contribution in [0.25, 0.3) is 0 Å². The number of nitrogens with one attached hydrogen (secondary N) is 1. The Labute approximate surface area is 77.6 Å². The van der Waals surface area contributed by atoms with Crippen LogP contribution in [0.4, 0.5) is 0 Å². The summed E-state index contributed by atoms with van der Waals surface area (Å²) in [6.45, 7) is 5.21. The Morgan fingerprint density at radius 2 is 2.08 bits per heavy atom. The van der Waals surface area contributed by atoms with Gasteiger partial charge in [-0.2, -0.15) is 0 Å². The molecular weight excluding hydrogens is 170 g/mol. The van der Waals surface area contributed by atoms with Crippen molar-refractivity contribution in [2.75, 3.05) is 0 Å². The van der Waals surface area contributed by atoms with Gasteiger partial charge >= 0.3 is 5.97 Å². The molecule has 13 heavy (non-hydrogen) atoms. The van der Waals surface area contributed by atoms with Gasteiger partial charge in [-0.05, 0) is 12.8 Å². The molecule has 0 aromatic heterocycles. The Bertz CT molecular complexity index is 233. The van der Waals surface area contributed by atoms with Crippen molar-refractivity contribution in [3.8, 4) is 0 Å². The number of esters is 1. The molecule has 1 aliphatic rings. The van der Waals surface area contributed by atoms with E-state index in [4.69, 9.17) is 4.74 Å². The van der Waals surface area contributed by atoms with Crippen LogP contribution < -0.4 is 5.32 Å². The van der Waals surface area contributed by atoms with E-state index >= 15 is 0 Å². The molecule has 0 unspecified atom stereocenters. The number of carbonyl (C=O) groups is 2. The average molecular weight is 185 g/mol. The van der Waals surface area contributed by atoms with Gasteiger partial charge in [-0.1, -0.05) is 13.8 Å². The van der Waals surface area contributed by atoms with Crippen molar-refractivity contribution < 1.29 is 14.3 Å². The van der Waals surface area contributed by atoms with Gasteiger partial charge < -0.3 is 10.1 Å². The van der Waals surface area contributed by atoms with Gasteiger partial charge in [0, 0.05) is 6.92 Å². The van der Waals surface area contributed by atoms with Gasteiger partial charge in [0.1, 0.15) is 5.41 Å². The fourth-order valence-corrected chi connectivity index (χ4v) is 1.69. The van der Waals surface area contributed by atoms with Gasteiger partial charge in [0.2, 0.25) is 5.91 Å². The van der Waals surface area contributed by atoms with Crippen LogP contribution in [0.5, 0.6) is 0 Å². The second kappa shape index (κ2) is 3.36. The summed E-state index contributed by atoms with van der Waals surface area (Å²) < 4.78 is 4.98. The summed E-state index contributed by atoms with van der Waals surface area (Å²) in [5.74, 6) is -0.361. The molecule has 4 nitrogen and oxygen atoms in total. The number of hydrogen-bond acceptors (Lipinski definition) is 3. The van der Waals surface area contributed by atoms with E-state index in [2.05, 4.69) is 5.32 Å². The van der Waals surface area contributed by atoms with Crippen molar-refractivity contribution in [3.63, 3.8) is 0 Å². The Morgan fingerprint density at radius 1 is 1.54 bits per heavy atom. The van der Waals surface area contributed by atoms with Crippen molar-refractivity contribution >= 4 is 11.9 Å². The third kappa shape index (κ3) is 1.41. The summed E-state index contributed by atoms with van der Waals surface area (Å²) in [5, 5.41) is 2.58. The maximum Gasteiger partial charge on any atom is 0.304 e. The summed E-state index contributed by atoms with van der Waals surface area (Å²) in [4.78, 5) is 22.0. The molecule has 1 N–H and O–H groups in total. The second-order valence-electron chi connectivity index (χ2n) is 3.33. The lowest BCUT2D eigenvalue weighted by Crippen LogP contribution is -2.68. The molecule has 1 saturated heterocycles. The molecule has 74 valence electrons. The maximum atomic E-state index is 11.3. The monoisotopic (exact) mass is 185 g/mol. The van der Waals surface area contributed by atoms with E-state index in [0.717, 1.165) is 0 Å². The highest BCUT2D eigenvalue weighted by Gasteiger charge is 2.54. The summed E-state index contributed by atoms with van der Waals surface area (Å²) in [6, 6.07) is 0. The molecule has 0 aromatic rings. The number of hydrogen-bond donors (Lipinski definition) is 1. The lowest BCUT2D eigenvalue weighted by Gasteiger charge is -2.46. The van der Waals surface area contributed by atoms with Crippen LogP contribution in [0.3, 0.4) is 0 Å². The van der Waals surface area contributed by atoms with Crippen LogP contribution in [-0.2, 0) is 14.3 Å². The molecule has 4 heteroatoms. The van der Waals surface area contributed by atoms with E-state index in [1.54, 1.807) is 0 Å². The first-order valence-electron chi connectivity index (χ1n) is 4.55. The molecule has 0 radical (unpaired) electrons. The first kappa shape index (κ1) is 10.0. The fourth-order valence-electron chi connectivity index (χ4n) is 1.69. The van der Waals surface area contributed by atoms with Gasteiger partial charge in [-0.3, -0.25) is 9.59 Å². The van der Waals surface area contributed by atoms with E-state index in [-0.39, 0.29) is 11.9 Å². The Balaban J connectivity index is 2.69. The first-order chi connectivity index (χ1) is 6.06. The van der Waals surface area contributed by atoms with Gasteiger partial charge in [0.25, 0.3) is 0 Å². The van der Waals surface area contributed by atoms with Crippen LogP contribution in [-0.4, -0.2) is 18.1 Å². The largest absolute Gasteiger partial charge is 0.441 e. The van der Waals surface area contributed by atoms with Crippen molar-refractivity contribution in [3.05, 3.63) is 0 Å². The number of carbonyl (C=O) groups excluding carboxylic acids is 2. The molecule has 1 fully saturated rings. The minimum absolute atomic E-state index is 0.0104. The standard InChI is InChI=1S/C9H15NO3/c1-4-9(5-2)7(12)10-8(9)13-6(3)11/h8H,4-5H2,1-3H3,(H,10,12)/t8-/m1/s1. The average Bonchev–Trinajstić information content (AvgIpc) is 2.05. The molecule has 1 atom stereocenters. The van der Waals surface area contributed by atoms with Crippen molar-refractivity contribution in [2.45, 2.75) is 39.8 Å². The Morgan fingerprint density at radius 3 is 2.38 bits per heavy atom. The van der Waals surface area contributed by atoms with Gasteiger partial charge in [-0.25, -0.2) is 0 Å². The van der Waals surface area contributed by atoms with E-state index < -0.39 is 11.6 Å². The zero-order valence-corrected chi connectivity index (χ0v) is 8.22.